The summed E-state index contributed by atoms with van der Waals surface area (Å²) in [6, 6.07) is 6.98. The molecule has 0 saturated carbocycles. The first-order valence-corrected chi connectivity index (χ1v) is 8.66. The van der Waals surface area contributed by atoms with Crippen LogP contribution in [0.2, 0.25) is 0 Å². The minimum Gasteiger partial charge on any atom is -0.337 e. The normalized spacial score (nSPS) is 19.5. The third kappa shape index (κ3) is 4.52. The van der Waals surface area contributed by atoms with Gasteiger partial charge in [-0.1, -0.05) is 12.1 Å². The molecular weight excluding hydrogens is 290 g/mol. The van der Waals surface area contributed by atoms with Crippen LogP contribution in [0, 0.1) is 0 Å². The molecule has 0 radical (unpaired) electrons. The highest BCUT2D eigenvalue weighted by atomic mass is 32.2. The van der Waals surface area contributed by atoms with Crippen LogP contribution >= 0.6 is 0 Å². The number of carbonyl (C=O) groups excluding carboxylic acids is 1. The van der Waals surface area contributed by atoms with E-state index in [-0.39, 0.29) is 11.7 Å². The smallest absolute Gasteiger partial charge is 0.253 e. The number of hydrogen-bond donors (Lipinski definition) is 2. The molecule has 0 bridgehead atoms. The molecule has 1 unspecified atom stereocenters. The highest BCUT2D eigenvalue weighted by Gasteiger charge is 2.23. The quantitative estimate of drug-likeness (QED) is 0.836. The van der Waals surface area contributed by atoms with Gasteiger partial charge in [0.1, 0.15) is 0 Å². The molecule has 21 heavy (non-hydrogen) atoms. The van der Waals surface area contributed by atoms with Crippen molar-refractivity contribution in [1.29, 1.82) is 0 Å². The Balaban J connectivity index is 2.14. The Morgan fingerprint density at radius 2 is 2.24 bits per heavy atom. The SMILES string of the molecule is CNC1CCCN(C(=O)c2cccc(CS(N)(=O)=O)c2)C1. The van der Waals surface area contributed by atoms with Crippen molar-refractivity contribution in [3.63, 3.8) is 0 Å². The van der Waals surface area contributed by atoms with Crippen LogP contribution in [-0.2, 0) is 15.8 Å². The predicted molar refractivity (Wildman–Crippen MR) is 81.2 cm³/mol. The minimum absolute atomic E-state index is 0.0637. The van der Waals surface area contributed by atoms with Gasteiger partial charge in [0.05, 0.1) is 5.75 Å². The molecule has 1 atom stereocenters. The molecule has 116 valence electrons. The number of primary sulfonamides is 1. The molecule has 1 amide bonds. The van der Waals surface area contributed by atoms with Crippen LogP contribution in [-0.4, -0.2) is 45.4 Å². The molecule has 2 rings (SSSR count). The zero-order valence-electron chi connectivity index (χ0n) is 12.1. The molecule has 1 fully saturated rings. The summed E-state index contributed by atoms with van der Waals surface area (Å²) in [7, 11) is -1.70. The van der Waals surface area contributed by atoms with Crippen molar-refractivity contribution in [3.8, 4) is 0 Å². The number of hydrogen-bond acceptors (Lipinski definition) is 4. The summed E-state index contributed by atoms with van der Waals surface area (Å²) in [5.41, 5.74) is 1.04. The number of amides is 1. The number of carbonyl (C=O) groups is 1. The standard InChI is InChI=1S/C14H21N3O3S/c1-16-13-6-3-7-17(9-13)14(18)12-5-2-4-11(8-12)10-21(15,19)20/h2,4-5,8,13,16H,3,6-7,9-10H2,1H3,(H2,15,19,20). The average molecular weight is 311 g/mol. The first-order valence-electron chi connectivity index (χ1n) is 6.95. The lowest BCUT2D eigenvalue weighted by Gasteiger charge is -2.32. The fraction of sp³-hybridized carbons (Fsp3) is 0.500. The number of nitrogens with two attached hydrogens (primary N) is 1. The summed E-state index contributed by atoms with van der Waals surface area (Å²) >= 11 is 0. The van der Waals surface area contributed by atoms with E-state index in [0.717, 1.165) is 19.4 Å². The van der Waals surface area contributed by atoms with Gasteiger partial charge in [0.15, 0.2) is 0 Å². The second-order valence-electron chi connectivity index (χ2n) is 5.39. The van der Waals surface area contributed by atoms with Crippen molar-refractivity contribution in [2.45, 2.75) is 24.6 Å². The number of piperidine rings is 1. The summed E-state index contributed by atoms with van der Waals surface area (Å²) in [5, 5.41) is 8.23. The molecule has 1 aliphatic rings. The fourth-order valence-corrected chi connectivity index (χ4v) is 3.25. The molecule has 0 aliphatic carbocycles. The first-order chi connectivity index (χ1) is 9.89. The van der Waals surface area contributed by atoms with Crippen LogP contribution in [0.5, 0.6) is 0 Å². The molecule has 7 heteroatoms. The Hall–Kier alpha value is -1.44. The van der Waals surface area contributed by atoms with Crippen LogP contribution in [0.15, 0.2) is 24.3 Å². The Morgan fingerprint density at radius 3 is 2.90 bits per heavy atom. The topological polar surface area (TPSA) is 92.5 Å². The van der Waals surface area contributed by atoms with E-state index < -0.39 is 10.0 Å². The third-order valence-electron chi connectivity index (χ3n) is 3.66. The molecule has 0 spiro atoms. The summed E-state index contributed by atoms with van der Waals surface area (Å²) in [5.74, 6) is -0.320. The molecule has 1 aromatic carbocycles. The van der Waals surface area contributed by atoms with Crippen molar-refractivity contribution < 1.29 is 13.2 Å². The van der Waals surface area contributed by atoms with Gasteiger partial charge in [-0.25, -0.2) is 13.6 Å². The number of likely N-dealkylation sites (tertiary alicyclic amines) is 1. The second kappa shape index (κ2) is 6.55. The van der Waals surface area contributed by atoms with Crippen LogP contribution in [0.25, 0.3) is 0 Å². The van der Waals surface area contributed by atoms with E-state index in [1.807, 2.05) is 7.05 Å². The van der Waals surface area contributed by atoms with E-state index in [2.05, 4.69) is 5.32 Å². The Labute approximate surface area is 125 Å². The van der Waals surface area contributed by atoms with Crippen LogP contribution in [0.3, 0.4) is 0 Å². The summed E-state index contributed by atoms with van der Waals surface area (Å²) < 4.78 is 22.3. The number of likely N-dealkylation sites (N-methyl/N-ethyl adjacent to an activating group) is 1. The maximum absolute atomic E-state index is 12.5. The second-order valence-corrected chi connectivity index (χ2v) is 7.00. The molecule has 1 saturated heterocycles. The zero-order valence-corrected chi connectivity index (χ0v) is 12.9. The van der Waals surface area contributed by atoms with Crippen molar-refractivity contribution in [1.82, 2.24) is 10.2 Å². The summed E-state index contributed by atoms with van der Waals surface area (Å²) in [6.07, 6.45) is 2.03. The van der Waals surface area contributed by atoms with Gasteiger partial charge in [-0.05, 0) is 37.6 Å². The van der Waals surface area contributed by atoms with Crippen molar-refractivity contribution in [2.24, 2.45) is 5.14 Å². The van der Waals surface area contributed by atoms with Gasteiger partial charge in [0.2, 0.25) is 10.0 Å². The van der Waals surface area contributed by atoms with Crippen LogP contribution < -0.4 is 10.5 Å². The Kier molecular flexibility index (Phi) is 4.97. The maximum Gasteiger partial charge on any atom is 0.253 e. The molecule has 1 aliphatic heterocycles. The third-order valence-corrected chi connectivity index (χ3v) is 4.39. The van der Waals surface area contributed by atoms with Crippen molar-refractivity contribution in [3.05, 3.63) is 35.4 Å². The first kappa shape index (κ1) is 15.9. The average Bonchev–Trinajstić information content (AvgIpc) is 2.45. The van der Waals surface area contributed by atoms with Crippen molar-refractivity contribution in [2.75, 3.05) is 20.1 Å². The zero-order chi connectivity index (χ0) is 15.5. The molecule has 6 nitrogen and oxygen atoms in total. The summed E-state index contributed by atoms with van der Waals surface area (Å²) in [6.45, 7) is 1.41. The Morgan fingerprint density at radius 1 is 1.48 bits per heavy atom. The highest BCUT2D eigenvalue weighted by Crippen LogP contribution is 2.15. The fourth-order valence-electron chi connectivity index (χ4n) is 2.61. The van der Waals surface area contributed by atoms with Gasteiger partial charge < -0.3 is 10.2 Å². The van der Waals surface area contributed by atoms with E-state index in [9.17, 15) is 13.2 Å². The van der Waals surface area contributed by atoms with Gasteiger partial charge in [0, 0.05) is 24.7 Å². The number of rotatable bonds is 4. The molecule has 3 N–H and O–H groups in total. The monoisotopic (exact) mass is 311 g/mol. The van der Waals surface area contributed by atoms with Gasteiger partial charge >= 0.3 is 0 Å². The van der Waals surface area contributed by atoms with Gasteiger partial charge in [-0.15, -0.1) is 0 Å². The van der Waals surface area contributed by atoms with Gasteiger partial charge in [-0.3, -0.25) is 4.79 Å². The molecule has 1 heterocycles. The molecule has 0 aromatic heterocycles. The van der Waals surface area contributed by atoms with Crippen molar-refractivity contribution >= 4 is 15.9 Å². The molecule has 1 aromatic rings. The van der Waals surface area contributed by atoms with E-state index in [4.69, 9.17) is 5.14 Å². The number of nitrogens with one attached hydrogen (secondary N) is 1. The van der Waals surface area contributed by atoms with E-state index in [1.54, 1.807) is 29.2 Å². The van der Waals surface area contributed by atoms with Crippen LogP contribution in [0.4, 0.5) is 0 Å². The predicted octanol–water partition coefficient (Wildman–Crippen LogP) is 0.299. The van der Waals surface area contributed by atoms with Gasteiger partial charge in [-0.2, -0.15) is 0 Å². The maximum atomic E-state index is 12.5. The lowest BCUT2D eigenvalue weighted by Crippen LogP contribution is -2.46. The lowest BCUT2D eigenvalue weighted by molar-refractivity contribution is 0.0698. The van der Waals surface area contributed by atoms with E-state index in [0.29, 0.717) is 23.7 Å². The summed E-state index contributed by atoms with van der Waals surface area (Å²) in [4.78, 5) is 14.3. The molecular formula is C14H21N3O3S. The number of nitrogens with zero attached hydrogens (tertiary/aromatic N) is 1. The van der Waals surface area contributed by atoms with Crippen LogP contribution in [0.1, 0.15) is 28.8 Å². The van der Waals surface area contributed by atoms with Gasteiger partial charge in [0.25, 0.3) is 5.91 Å². The number of sulfonamides is 1. The number of benzene rings is 1. The minimum atomic E-state index is -3.59. The lowest BCUT2D eigenvalue weighted by atomic mass is 10.0. The van der Waals surface area contributed by atoms with E-state index >= 15 is 0 Å². The van der Waals surface area contributed by atoms with E-state index in [1.165, 1.54) is 0 Å². The Bertz CT molecular complexity index is 616. The highest BCUT2D eigenvalue weighted by molar-refractivity contribution is 7.88. The largest absolute Gasteiger partial charge is 0.337 e.